The molecule has 126 valence electrons. The Bertz CT molecular complexity index is 762. The van der Waals surface area contributed by atoms with E-state index in [9.17, 15) is 4.79 Å². The minimum absolute atomic E-state index is 0.172. The largest absolute Gasteiger partial charge is 0.381 e. The van der Waals surface area contributed by atoms with Crippen LogP contribution in [0.15, 0.2) is 43.1 Å². The first-order chi connectivity index (χ1) is 11.8. The maximum absolute atomic E-state index is 13.3. The Kier molecular flexibility index (Phi) is 4.15. The number of ether oxygens (including phenoxy) is 1. The third kappa shape index (κ3) is 2.55. The van der Waals surface area contributed by atoms with Crippen molar-refractivity contribution >= 4 is 16.8 Å². The predicted octanol–water partition coefficient (Wildman–Crippen LogP) is 3.47. The maximum atomic E-state index is 13.3. The SMILES string of the molecule is C=CCn1cc(C(=O)N2CCCC3COCCC32)c2ccccc21. The van der Waals surface area contributed by atoms with Gasteiger partial charge >= 0.3 is 0 Å². The summed E-state index contributed by atoms with van der Waals surface area (Å²) < 4.78 is 7.74. The number of para-hydroxylation sites is 1. The van der Waals surface area contributed by atoms with E-state index in [1.54, 1.807) is 0 Å². The van der Waals surface area contributed by atoms with Gasteiger partial charge in [0.15, 0.2) is 0 Å². The Hall–Kier alpha value is -2.07. The number of nitrogens with zero attached hydrogens (tertiary/aromatic N) is 2. The molecule has 2 unspecified atom stereocenters. The van der Waals surface area contributed by atoms with Gasteiger partial charge in [0.2, 0.25) is 0 Å². The Morgan fingerprint density at radius 1 is 1.33 bits per heavy atom. The quantitative estimate of drug-likeness (QED) is 0.810. The fourth-order valence-corrected chi connectivity index (χ4v) is 4.28. The van der Waals surface area contributed by atoms with Crippen molar-refractivity contribution < 1.29 is 9.53 Å². The van der Waals surface area contributed by atoms with E-state index in [-0.39, 0.29) is 5.91 Å². The van der Waals surface area contributed by atoms with Crippen LogP contribution >= 0.6 is 0 Å². The second-order valence-corrected chi connectivity index (χ2v) is 6.83. The average Bonchev–Trinajstić information content (AvgIpc) is 3.00. The van der Waals surface area contributed by atoms with Gasteiger partial charge in [0.05, 0.1) is 12.2 Å². The summed E-state index contributed by atoms with van der Waals surface area (Å²) in [6.45, 7) is 6.97. The lowest BCUT2D eigenvalue weighted by molar-refractivity contribution is -0.0270. The van der Waals surface area contributed by atoms with Gasteiger partial charge in [-0.2, -0.15) is 0 Å². The number of hydrogen-bond acceptors (Lipinski definition) is 2. The number of likely N-dealkylation sites (tertiary alicyclic amines) is 1. The van der Waals surface area contributed by atoms with Gasteiger partial charge in [-0.3, -0.25) is 4.79 Å². The predicted molar refractivity (Wildman–Crippen MR) is 95.1 cm³/mol. The van der Waals surface area contributed by atoms with E-state index in [1.165, 1.54) is 6.42 Å². The first kappa shape index (κ1) is 15.5. The van der Waals surface area contributed by atoms with Gasteiger partial charge in [-0.15, -0.1) is 6.58 Å². The molecule has 0 aliphatic carbocycles. The van der Waals surface area contributed by atoms with E-state index in [4.69, 9.17) is 4.74 Å². The molecule has 0 N–H and O–H groups in total. The molecule has 2 fully saturated rings. The van der Waals surface area contributed by atoms with Crippen LogP contribution in [0.4, 0.5) is 0 Å². The lowest BCUT2D eigenvalue weighted by Crippen LogP contribution is -2.52. The van der Waals surface area contributed by atoms with E-state index in [0.29, 0.717) is 18.5 Å². The zero-order valence-electron chi connectivity index (χ0n) is 14.0. The third-order valence-corrected chi connectivity index (χ3v) is 5.41. The lowest BCUT2D eigenvalue weighted by Gasteiger charge is -2.43. The summed E-state index contributed by atoms with van der Waals surface area (Å²) >= 11 is 0. The Balaban J connectivity index is 1.71. The van der Waals surface area contributed by atoms with Crippen LogP contribution in [0.3, 0.4) is 0 Å². The molecule has 0 bridgehead atoms. The van der Waals surface area contributed by atoms with Crippen molar-refractivity contribution in [2.24, 2.45) is 5.92 Å². The molecule has 2 atom stereocenters. The van der Waals surface area contributed by atoms with Crippen molar-refractivity contribution in [3.8, 4) is 0 Å². The van der Waals surface area contributed by atoms with Gasteiger partial charge in [0.25, 0.3) is 5.91 Å². The highest BCUT2D eigenvalue weighted by Gasteiger charge is 2.37. The highest BCUT2D eigenvalue weighted by Crippen LogP contribution is 2.32. The van der Waals surface area contributed by atoms with Crippen molar-refractivity contribution in [3.63, 3.8) is 0 Å². The topological polar surface area (TPSA) is 34.5 Å². The molecule has 0 saturated carbocycles. The third-order valence-electron chi connectivity index (χ3n) is 5.41. The number of allylic oxidation sites excluding steroid dienone is 1. The zero-order valence-corrected chi connectivity index (χ0v) is 14.0. The van der Waals surface area contributed by atoms with Gasteiger partial charge in [-0.05, 0) is 25.3 Å². The van der Waals surface area contributed by atoms with E-state index in [0.717, 1.165) is 49.1 Å². The van der Waals surface area contributed by atoms with Gasteiger partial charge in [-0.1, -0.05) is 24.3 Å². The van der Waals surface area contributed by atoms with Crippen LogP contribution in [0, 0.1) is 5.92 Å². The molecule has 0 spiro atoms. The summed E-state index contributed by atoms with van der Waals surface area (Å²) in [5.74, 6) is 0.670. The van der Waals surface area contributed by atoms with Gasteiger partial charge in [0, 0.05) is 48.8 Å². The fraction of sp³-hybridized carbons (Fsp3) is 0.450. The van der Waals surface area contributed by atoms with Crippen molar-refractivity contribution in [1.82, 2.24) is 9.47 Å². The van der Waals surface area contributed by atoms with Crippen molar-refractivity contribution in [3.05, 3.63) is 48.7 Å². The number of carbonyl (C=O) groups excluding carboxylic acids is 1. The highest BCUT2D eigenvalue weighted by molar-refractivity contribution is 6.07. The Morgan fingerprint density at radius 2 is 2.21 bits per heavy atom. The summed E-state index contributed by atoms with van der Waals surface area (Å²) in [5.41, 5.74) is 1.92. The molecule has 0 radical (unpaired) electrons. The van der Waals surface area contributed by atoms with Crippen molar-refractivity contribution in [2.45, 2.75) is 31.8 Å². The van der Waals surface area contributed by atoms with Crippen LogP contribution in [0.1, 0.15) is 29.6 Å². The minimum Gasteiger partial charge on any atom is -0.381 e. The summed E-state index contributed by atoms with van der Waals surface area (Å²) in [4.78, 5) is 15.4. The summed E-state index contributed by atoms with van der Waals surface area (Å²) in [6, 6.07) is 8.48. The fourth-order valence-electron chi connectivity index (χ4n) is 4.28. The van der Waals surface area contributed by atoms with Crippen molar-refractivity contribution in [2.75, 3.05) is 19.8 Å². The van der Waals surface area contributed by atoms with Crippen LogP contribution in [-0.2, 0) is 11.3 Å². The molecule has 4 heteroatoms. The second-order valence-electron chi connectivity index (χ2n) is 6.83. The molecule has 24 heavy (non-hydrogen) atoms. The number of aromatic nitrogens is 1. The number of amides is 1. The molecule has 1 amide bonds. The van der Waals surface area contributed by atoms with Gasteiger partial charge in [-0.25, -0.2) is 0 Å². The first-order valence-corrected chi connectivity index (χ1v) is 8.87. The van der Waals surface area contributed by atoms with E-state index in [1.807, 2.05) is 30.5 Å². The number of fused-ring (bicyclic) bond motifs is 2. The van der Waals surface area contributed by atoms with Crippen LogP contribution in [-0.4, -0.2) is 41.2 Å². The van der Waals surface area contributed by atoms with Crippen LogP contribution < -0.4 is 0 Å². The molecule has 2 aromatic rings. The van der Waals surface area contributed by atoms with Crippen molar-refractivity contribution in [1.29, 1.82) is 0 Å². The van der Waals surface area contributed by atoms with E-state index in [2.05, 4.69) is 22.1 Å². The smallest absolute Gasteiger partial charge is 0.256 e. The van der Waals surface area contributed by atoms with E-state index >= 15 is 0 Å². The summed E-state index contributed by atoms with van der Waals surface area (Å²) in [7, 11) is 0. The Labute approximate surface area is 142 Å². The van der Waals surface area contributed by atoms with Gasteiger partial charge in [0.1, 0.15) is 0 Å². The second kappa shape index (κ2) is 6.44. The molecule has 2 saturated heterocycles. The zero-order chi connectivity index (χ0) is 16.5. The normalized spacial score (nSPS) is 23.9. The number of benzene rings is 1. The molecule has 2 aliphatic rings. The first-order valence-electron chi connectivity index (χ1n) is 8.87. The minimum atomic E-state index is 0.172. The number of hydrogen-bond donors (Lipinski definition) is 0. The molecular weight excluding hydrogens is 300 g/mol. The average molecular weight is 324 g/mol. The van der Waals surface area contributed by atoms with E-state index < -0.39 is 0 Å². The number of piperidine rings is 1. The molecule has 1 aromatic carbocycles. The molecule has 4 rings (SSSR count). The van der Waals surface area contributed by atoms with Gasteiger partial charge < -0.3 is 14.2 Å². The van der Waals surface area contributed by atoms with Crippen LogP contribution in [0.25, 0.3) is 10.9 Å². The Morgan fingerprint density at radius 3 is 3.08 bits per heavy atom. The molecule has 4 nitrogen and oxygen atoms in total. The number of rotatable bonds is 3. The van der Waals surface area contributed by atoms with Crippen LogP contribution in [0.5, 0.6) is 0 Å². The van der Waals surface area contributed by atoms with Crippen LogP contribution in [0.2, 0.25) is 0 Å². The molecular formula is C20H24N2O2. The standard InChI is InChI=1S/C20H24N2O2/c1-2-10-21-13-17(16-7-3-4-8-19(16)21)20(23)22-11-5-6-15-14-24-12-9-18(15)22/h2-4,7-8,13,15,18H,1,5-6,9-12,14H2. The lowest BCUT2D eigenvalue weighted by atomic mass is 9.86. The molecule has 1 aromatic heterocycles. The summed E-state index contributed by atoms with van der Waals surface area (Å²) in [5, 5.41) is 1.04. The molecule has 2 aliphatic heterocycles. The number of carbonyl (C=O) groups is 1. The molecule has 3 heterocycles. The highest BCUT2D eigenvalue weighted by atomic mass is 16.5. The maximum Gasteiger partial charge on any atom is 0.256 e. The summed E-state index contributed by atoms with van der Waals surface area (Å²) in [6.07, 6.45) is 7.07. The monoisotopic (exact) mass is 324 g/mol.